The summed E-state index contributed by atoms with van der Waals surface area (Å²) in [5, 5.41) is 11.2. The number of nitrogens with zero attached hydrogens (tertiary/aromatic N) is 2. The van der Waals surface area contributed by atoms with Gasteiger partial charge in [0.2, 0.25) is 27.6 Å². The maximum Gasteiger partial charge on any atom is 0.315 e. The highest BCUT2D eigenvalue weighted by atomic mass is 32.2. The summed E-state index contributed by atoms with van der Waals surface area (Å²) in [6, 6.07) is -4.18. The van der Waals surface area contributed by atoms with Gasteiger partial charge in [0, 0.05) is 45.6 Å². The van der Waals surface area contributed by atoms with E-state index in [0.717, 1.165) is 51.4 Å². The van der Waals surface area contributed by atoms with Gasteiger partial charge in [0.1, 0.15) is 12.1 Å². The lowest BCUT2D eigenvalue weighted by atomic mass is 9.83. The summed E-state index contributed by atoms with van der Waals surface area (Å²) >= 11 is 0. The minimum atomic E-state index is -3.74. The van der Waals surface area contributed by atoms with Gasteiger partial charge in [-0.25, -0.2) is 13.2 Å². The van der Waals surface area contributed by atoms with E-state index >= 15 is 0 Å². The number of carbonyl (C=O) groups is 5. The van der Waals surface area contributed by atoms with E-state index in [9.17, 15) is 32.4 Å². The average molecular weight is 755 g/mol. The van der Waals surface area contributed by atoms with Gasteiger partial charge in [-0.05, 0) is 61.3 Å². The number of nitrogens with one attached hydrogen (secondary N) is 4. The Morgan fingerprint density at radius 1 is 1.06 bits per heavy atom. The molecule has 2 saturated carbocycles. The summed E-state index contributed by atoms with van der Waals surface area (Å²) in [4.78, 5) is 70.3. The molecule has 4 N–H and O–H groups in total. The van der Waals surface area contributed by atoms with Crippen LogP contribution in [0, 0.1) is 35.5 Å². The van der Waals surface area contributed by atoms with Crippen LogP contribution in [0.15, 0.2) is 35.8 Å². The number of sulfonamides is 1. The highest BCUT2D eigenvalue weighted by Crippen LogP contribution is 2.43. The molecule has 1 unspecified atom stereocenters. The van der Waals surface area contributed by atoms with Crippen molar-refractivity contribution in [3.05, 3.63) is 35.8 Å². The van der Waals surface area contributed by atoms with Crippen LogP contribution in [0.25, 0.3) is 0 Å². The normalized spacial score (nSPS) is 23.3. The highest BCUT2D eigenvalue weighted by molar-refractivity contribution is 7.93. The molecule has 0 aromatic heterocycles. The molecule has 53 heavy (non-hydrogen) atoms. The van der Waals surface area contributed by atoms with Crippen LogP contribution in [0.2, 0.25) is 0 Å². The van der Waals surface area contributed by atoms with Gasteiger partial charge in [0.05, 0.1) is 10.9 Å². The van der Waals surface area contributed by atoms with Crippen LogP contribution in [0.5, 0.6) is 0 Å². The fourth-order valence-corrected chi connectivity index (χ4v) is 9.41. The van der Waals surface area contributed by atoms with Crippen LogP contribution in [-0.4, -0.2) is 98.0 Å². The Labute approximate surface area is 315 Å². The molecule has 1 heterocycles. The Bertz CT molecular complexity index is 1600. The lowest BCUT2D eigenvalue weighted by Crippen LogP contribution is -2.61. The van der Waals surface area contributed by atoms with Crippen molar-refractivity contribution in [2.45, 2.75) is 116 Å². The number of terminal acetylenes is 1. The summed E-state index contributed by atoms with van der Waals surface area (Å²) in [5.41, 5.74) is -0.542. The summed E-state index contributed by atoms with van der Waals surface area (Å²) < 4.78 is 27.8. The Morgan fingerprint density at radius 2 is 1.77 bits per heavy atom. The van der Waals surface area contributed by atoms with Crippen LogP contribution in [0.4, 0.5) is 4.79 Å². The molecule has 13 nitrogen and oxygen atoms in total. The van der Waals surface area contributed by atoms with Crippen molar-refractivity contribution in [1.29, 1.82) is 0 Å². The first-order valence-corrected chi connectivity index (χ1v) is 20.4. The first-order chi connectivity index (χ1) is 25.1. The van der Waals surface area contributed by atoms with Crippen LogP contribution < -0.4 is 21.3 Å². The molecule has 14 heteroatoms. The van der Waals surface area contributed by atoms with Gasteiger partial charge in [0.15, 0.2) is 0 Å². The van der Waals surface area contributed by atoms with E-state index in [1.807, 2.05) is 20.8 Å². The van der Waals surface area contributed by atoms with Crippen molar-refractivity contribution in [3.63, 3.8) is 0 Å². The van der Waals surface area contributed by atoms with Crippen molar-refractivity contribution in [3.8, 4) is 12.3 Å². The Kier molecular flexibility index (Phi) is 14.5. The van der Waals surface area contributed by atoms with E-state index in [2.05, 4.69) is 33.8 Å². The monoisotopic (exact) mass is 754 g/mol. The second kappa shape index (κ2) is 18.4. The molecule has 4 rings (SSSR count). The summed E-state index contributed by atoms with van der Waals surface area (Å²) in [5.74, 6) is -0.306. The van der Waals surface area contributed by atoms with Gasteiger partial charge in [-0.2, -0.15) is 4.31 Å². The fraction of sp³-hybridized carbons (Fsp3) is 0.667. The Hall–Kier alpha value is -3.96. The van der Waals surface area contributed by atoms with Crippen molar-refractivity contribution in [1.82, 2.24) is 30.5 Å². The zero-order valence-electron chi connectivity index (χ0n) is 31.7. The lowest BCUT2D eigenvalue weighted by Gasteiger charge is -2.37. The van der Waals surface area contributed by atoms with E-state index in [-0.39, 0.29) is 54.5 Å². The predicted molar refractivity (Wildman–Crippen MR) is 203 cm³/mol. The van der Waals surface area contributed by atoms with Crippen LogP contribution in [0.1, 0.15) is 91.4 Å². The molecule has 4 aliphatic rings. The highest BCUT2D eigenvalue weighted by Gasteiger charge is 2.52. The number of rotatable bonds is 16. The summed E-state index contributed by atoms with van der Waals surface area (Å²) in [7, 11) is -2.25. The number of likely N-dealkylation sites (N-methyl/N-ethyl adjacent to an activating group) is 1. The Balaban J connectivity index is 1.56. The minimum absolute atomic E-state index is 0.0154. The maximum atomic E-state index is 14.7. The van der Waals surface area contributed by atoms with Crippen LogP contribution >= 0.6 is 0 Å². The quantitative estimate of drug-likeness (QED) is 0.106. The van der Waals surface area contributed by atoms with E-state index < -0.39 is 63.2 Å². The summed E-state index contributed by atoms with van der Waals surface area (Å²) in [6.45, 7) is 9.73. The molecule has 6 atom stereocenters. The third kappa shape index (κ3) is 10.4. The SMILES string of the molecule is C#CCCC(NC(=O)[C@@H]1[C@H]2CCC[C@H]2CN1C(=O)[C@@H](NC(=O)N[C@H](CN(C)S(=O)(=O)C1=CC=CC1)C(C)(C)C)C1CCCCC1)C(=O)C(=O)NCC=C. The predicted octanol–water partition coefficient (Wildman–Crippen LogP) is 3.15. The van der Waals surface area contributed by atoms with Gasteiger partial charge >= 0.3 is 6.03 Å². The van der Waals surface area contributed by atoms with Gasteiger partial charge < -0.3 is 26.2 Å². The Morgan fingerprint density at radius 3 is 2.40 bits per heavy atom. The van der Waals surface area contributed by atoms with Gasteiger partial charge in [-0.3, -0.25) is 19.2 Å². The molecule has 0 bridgehead atoms. The molecule has 292 valence electrons. The number of hydrogen-bond donors (Lipinski definition) is 4. The van der Waals surface area contributed by atoms with E-state index in [0.29, 0.717) is 13.0 Å². The van der Waals surface area contributed by atoms with E-state index in [1.54, 1.807) is 23.1 Å². The number of fused-ring (bicyclic) bond motifs is 1. The van der Waals surface area contributed by atoms with Gasteiger partial charge in [-0.15, -0.1) is 18.9 Å². The number of urea groups is 1. The molecule has 3 aliphatic carbocycles. The van der Waals surface area contributed by atoms with Crippen molar-refractivity contribution >= 4 is 39.6 Å². The van der Waals surface area contributed by atoms with Gasteiger partial charge in [0.25, 0.3) is 5.91 Å². The van der Waals surface area contributed by atoms with Crippen LogP contribution in [0.3, 0.4) is 0 Å². The van der Waals surface area contributed by atoms with Gasteiger partial charge in [-0.1, -0.05) is 64.7 Å². The smallest absolute Gasteiger partial charge is 0.315 e. The standard InChI is InChI=1S/C39H58N6O7S/c1-7-9-22-30(34(46)36(48)40-23-8-2)41-35(47)33-29-21-15-18-27(29)24-45(33)37(49)32(26-16-11-10-12-17-26)43-38(50)42-31(39(3,4)5)25-44(6)53(51,52)28-19-13-14-20-28/h1,8,13-14,19,26-27,29-33H,2,9-12,15-18,20-25H2,3-6H3,(H,40,48)(H,41,47)(H2,42,43,50)/t27-,29-,30?,31+,32-,33-/m0/s1. The summed E-state index contributed by atoms with van der Waals surface area (Å²) in [6.07, 6.45) is 19.3. The van der Waals surface area contributed by atoms with Crippen molar-refractivity contribution < 1.29 is 32.4 Å². The second-order valence-corrected chi connectivity index (χ2v) is 18.0. The number of allylic oxidation sites excluding steroid dienone is 4. The zero-order valence-corrected chi connectivity index (χ0v) is 32.5. The maximum absolute atomic E-state index is 14.7. The topological polar surface area (TPSA) is 174 Å². The van der Waals surface area contributed by atoms with E-state index in [1.165, 1.54) is 17.4 Å². The second-order valence-electron chi connectivity index (χ2n) is 15.9. The third-order valence-electron chi connectivity index (χ3n) is 11.2. The molecular weight excluding hydrogens is 697 g/mol. The number of ketones is 1. The third-order valence-corrected chi connectivity index (χ3v) is 13.2. The van der Waals surface area contributed by atoms with Crippen molar-refractivity contribution in [2.24, 2.45) is 23.2 Å². The number of likely N-dealkylation sites (tertiary alicyclic amines) is 1. The lowest BCUT2D eigenvalue weighted by molar-refractivity contribution is -0.144. The number of carbonyl (C=O) groups excluding carboxylic acids is 5. The molecule has 5 amide bonds. The molecule has 1 saturated heterocycles. The molecular formula is C39H58N6O7S. The molecule has 0 aromatic rings. The number of amides is 5. The molecule has 3 fully saturated rings. The van der Waals surface area contributed by atoms with Crippen LogP contribution in [-0.2, 0) is 29.2 Å². The molecule has 0 radical (unpaired) electrons. The number of Topliss-reactive ketones (excluding diaryl/α,β-unsaturated/α-hetero) is 1. The number of hydrogen-bond acceptors (Lipinski definition) is 7. The zero-order chi connectivity index (χ0) is 38.9. The first-order valence-electron chi connectivity index (χ1n) is 19.0. The molecule has 1 aliphatic heterocycles. The molecule has 0 aromatic carbocycles. The van der Waals surface area contributed by atoms with Crippen molar-refractivity contribution in [2.75, 3.05) is 26.7 Å². The van der Waals surface area contributed by atoms with E-state index in [4.69, 9.17) is 6.42 Å². The molecule has 0 spiro atoms. The minimum Gasteiger partial charge on any atom is -0.346 e. The average Bonchev–Trinajstić information content (AvgIpc) is 3.89. The fourth-order valence-electron chi connectivity index (χ4n) is 8.11. The largest absolute Gasteiger partial charge is 0.346 e. The first kappa shape index (κ1) is 41.8.